The van der Waals surface area contributed by atoms with Gasteiger partial charge in [0, 0.05) is 18.8 Å². The fourth-order valence-corrected chi connectivity index (χ4v) is 6.41. The van der Waals surface area contributed by atoms with Gasteiger partial charge >= 0.3 is 11.9 Å². The van der Waals surface area contributed by atoms with Crippen LogP contribution in [0.4, 0.5) is 0 Å². The van der Waals surface area contributed by atoms with Crippen LogP contribution in [0.1, 0.15) is 187 Å². The van der Waals surface area contributed by atoms with Gasteiger partial charge in [0.25, 0.3) is 0 Å². The smallest absolute Gasteiger partial charge is 0.303 e. The minimum Gasteiger partial charge on any atom is -0.550 e. The second-order valence-electron chi connectivity index (χ2n) is 13.5. The fourth-order valence-electron chi connectivity index (χ4n) is 6.41. The van der Waals surface area contributed by atoms with Gasteiger partial charge in [-0.05, 0) is 83.5 Å². The van der Waals surface area contributed by atoms with Gasteiger partial charge in [-0.2, -0.15) is 0 Å². The molecule has 0 amide bonds. The molecule has 0 heterocycles. The maximum Gasteiger partial charge on any atom is 0.303 e. The highest BCUT2D eigenvalue weighted by Gasteiger charge is 2.26. The lowest BCUT2D eigenvalue weighted by atomic mass is 10.0. The Balaban J connectivity index is 4.21. The number of unbranched alkanes of at least 4 members (excludes halogenated alkanes) is 20. The van der Waals surface area contributed by atoms with Crippen LogP contribution in [0.15, 0.2) is 12.2 Å². The summed E-state index contributed by atoms with van der Waals surface area (Å²) in [4.78, 5) is 33.0. The highest BCUT2D eigenvalue weighted by Crippen LogP contribution is 2.20. The summed E-state index contributed by atoms with van der Waals surface area (Å²) in [5.74, 6) is -2.56. The summed E-state index contributed by atoms with van der Waals surface area (Å²) < 4.78 is 0.847. The topological polar surface area (TPSA) is 115 Å². The summed E-state index contributed by atoms with van der Waals surface area (Å²) >= 11 is 0. The van der Waals surface area contributed by atoms with Crippen molar-refractivity contribution in [2.75, 3.05) is 26.2 Å². The molecule has 0 aromatic carbocycles. The van der Waals surface area contributed by atoms with Crippen LogP contribution in [0.3, 0.4) is 0 Å². The number of rotatable bonds is 36. The average Bonchev–Trinajstić information content (AvgIpc) is 3.00. The molecule has 0 saturated heterocycles. The van der Waals surface area contributed by atoms with Gasteiger partial charge in [0.1, 0.15) is 0 Å². The summed E-state index contributed by atoms with van der Waals surface area (Å²) in [6.45, 7) is 5.88. The second-order valence-corrected chi connectivity index (χ2v) is 13.5. The van der Waals surface area contributed by atoms with Crippen molar-refractivity contribution >= 4 is 17.9 Å². The molecule has 2 N–H and O–H groups in total. The molecule has 7 heteroatoms. The van der Waals surface area contributed by atoms with Gasteiger partial charge in [0.15, 0.2) is 0 Å². The van der Waals surface area contributed by atoms with Crippen LogP contribution in [-0.2, 0) is 14.4 Å². The van der Waals surface area contributed by atoms with Crippen LogP contribution >= 0.6 is 0 Å². The Morgan fingerprint density at radius 2 is 0.778 bits per heavy atom. The molecule has 0 aliphatic heterocycles. The van der Waals surface area contributed by atoms with Crippen molar-refractivity contribution in [2.24, 2.45) is 0 Å². The Hall–Kier alpha value is -1.89. The lowest BCUT2D eigenvalue weighted by molar-refractivity contribution is -0.929. The van der Waals surface area contributed by atoms with E-state index in [2.05, 4.69) is 19.1 Å². The van der Waals surface area contributed by atoms with E-state index in [4.69, 9.17) is 10.2 Å². The Morgan fingerprint density at radius 3 is 1.13 bits per heavy atom. The van der Waals surface area contributed by atoms with Crippen molar-refractivity contribution in [2.45, 2.75) is 187 Å². The summed E-state index contributed by atoms with van der Waals surface area (Å²) in [6, 6.07) is 0. The monoisotopic (exact) mass is 638 g/mol. The van der Waals surface area contributed by atoms with E-state index in [1.807, 2.05) is 0 Å². The Morgan fingerprint density at radius 1 is 0.467 bits per heavy atom. The molecule has 0 saturated carbocycles. The molecule has 0 unspecified atom stereocenters. The summed E-state index contributed by atoms with van der Waals surface area (Å²) in [6.07, 6.45) is 34.3. The van der Waals surface area contributed by atoms with Crippen LogP contribution in [0.25, 0.3) is 0 Å². The molecule has 0 aromatic heterocycles. The van der Waals surface area contributed by atoms with Gasteiger partial charge in [-0.15, -0.1) is 0 Å². The first kappa shape index (κ1) is 43.1. The SMILES string of the molecule is CCCCCCCCCC/C=C/CCCCCCCCCCC[N+](CCCCC(=O)[O-])(CCCCC(=O)O)CCCCC(=O)O. The van der Waals surface area contributed by atoms with E-state index < -0.39 is 17.9 Å². The average molecular weight is 638 g/mol. The molecule has 0 atom stereocenters. The van der Waals surface area contributed by atoms with Gasteiger partial charge < -0.3 is 24.6 Å². The molecule has 0 rings (SSSR count). The molecule has 0 radical (unpaired) electrons. The van der Waals surface area contributed by atoms with Crippen LogP contribution in [0, 0.1) is 0 Å². The molecular formula is C38H71NO6. The third-order valence-corrected chi connectivity index (χ3v) is 9.20. The van der Waals surface area contributed by atoms with E-state index in [0.29, 0.717) is 19.3 Å². The van der Waals surface area contributed by atoms with Crippen LogP contribution in [-0.4, -0.2) is 58.8 Å². The van der Waals surface area contributed by atoms with Crippen molar-refractivity contribution in [3.8, 4) is 0 Å². The number of allylic oxidation sites excluding steroid dienone is 2. The van der Waals surface area contributed by atoms with Crippen LogP contribution in [0.2, 0.25) is 0 Å². The van der Waals surface area contributed by atoms with Crippen molar-refractivity contribution in [1.82, 2.24) is 0 Å². The molecule has 0 aromatic rings. The van der Waals surface area contributed by atoms with E-state index in [9.17, 15) is 19.5 Å². The lowest BCUT2D eigenvalue weighted by Crippen LogP contribution is -2.51. The Labute approximate surface area is 276 Å². The molecule has 0 aliphatic rings. The van der Waals surface area contributed by atoms with Crippen molar-refractivity contribution in [3.05, 3.63) is 12.2 Å². The van der Waals surface area contributed by atoms with E-state index in [0.717, 1.165) is 56.3 Å². The lowest BCUT2D eigenvalue weighted by Gasteiger charge is -2.39. The number of hydrogen-bond acceptors (Lipinski definition) is 4. The largest absolute Gasteiger partial charge is 0.550 e. The third kappa shape index (κ3) is 31.9. The minimum absolute atomic E-state index is 0.0636. The summed E-state index contributed by atoms with van der Waals surface area (Å²) in [7, 11) is 0. The molecule has 0 fully saturated rings. The van der Waals surface area contributed by atoms with Crippen LogP contribution < -0.4 is 5.11 Å². The molecule has 0 aliphatic carbocycles. The quantitative estimate of drug-likeness (QED) is 0.0402. The summed E-state index contributed by atoms with van der Waals surface area (Å²) in [5, 5.41) is 29.0. The number of carboxylic acid groups (broad SMARTS) is 3. The van der Waals surface area contributed by atoms with Gasteiger partial charge in [-0.25, -0.2) is 0 Å². The van der Waals surface area contributed by atoms with E-state index in [-0.39, 0.29) is 19.3 Å². The predicted octanol–water partition coefficient (Wildman–Crippen LogP) is 9.22. The van der Waals surface area contributed by atoms with Gasteiger partial charge in [-0.1, -0.05) is 103 Å². The fraction of sp³-hybridized carbons (Fsp3) is 0.868. The molecule has 7 nitrogen and oxygen atoms in total. The van der Waals surface area contributed by atoms with E-state index >= 15 is 0 Å². The second kappa shape index (κ2) is 32.1. The highest BCUT2D eigenvalue weighted by molar-refractivity contribution is 5.66. The zero-order valence-electron chi connectivity index (χ0n) is 29.3. The van der Waals surface area contributed by atoms with Crippen molar-refractivity contribution in [3.63, 3.8) is 0 Å². The number of hydrogen-bond donors (Lipinski definition) is 2. The first-order valence-corrected chi connectivity index (χ1v) is 18.9. The normalized spacial score (nSPS) is 11.8. The number of aliphatic carboxylic acids is 3. The first-order chi connectivity index (χ1) is 21.8. The molecule has 0 spiro atoms. The third-order valence-electron chi connectivity index (χ3n) is 9.20. The van der Waals surface area contributed by atoms with Crippen molar-refractivity contribution < 1.29 is 34.2 Å². The van der Waals surface area contributed by atoms with E-state index in [1.54, 1.807) is 0 Å². The number of nitrogens with zero attached hydrogens (tertiary/aromatic N) is 1. The zero-order valence-corrected chi connectivity index (χ0v) is 29.3. The number of carboxylic acids is 3. The molecular weight excluding hydrogens is 566 g/mol. The maximum absolute atomic E-state index is 11.0. The van der Waals surface area contributed by atoms with Gasteiger partial charge in [0.05, 0.1) is 26.2 Å². The maximum atomic E-state index is 11.0. The number of quaternary nitrogens is 1. The highest BCUT2D eigenvalue weighted by atomic mass is 16.4. The van der Waals surface area contributed by atoms with Crippen molar-refractivity contribution in [1.29, 1.82) is 0 Å². The van der Waals surface area contributed by atoms with Gasteiger partial charge in [0.2, 0.25) is 0 Å². The molecule has 45 heavy (non-hydrogen) atoms. The van der Waals surface area contributed by atoms with E-state index in [1.165, 1.54) is 116 Å². The zero-order chi connectivity index (χ0) is 33.3. The predicted molar refractivity (Wildman–Crippen MR) is 184 cm³/mol. The van der Waals surface area contributed by atoms with Crippen LogP contribution in [0.5, 0.6) is 0 Å². The minimum atomic E-state index is -1.02. The standard InChI is InChI=1S/C38H71NO6/c1-2-3-4-5-6-7-8-9-10-11-12-13-14-15-16-17-18-19-20-21-25-32-39(33-26-22-29-36(40)41,34-27-23-30-37(42)43)35-28-24-31-38(44)45/h11-12H,2-10,13-35H2,1H3,(H2-,40,41,42,43,44,45)/b12-11+. The summed E-state index contributed by atoms with van der Waals surface area (Å²) in [5.41, 5.74) is 0. The Kier molecular flexibility index (Phi) is 30.7. The van der Waals surface area contributed by atoms with Gasteiger partial charge in [-0.3, -0.25) is 9.59 Å². The number of carbonyl (C=O) groups excluding carboxylic acids is 1. The molecule has 0 bridgehead atoms. The molecule has 264 valence electrons. The Bertz CT molecular complexity index is 683. The first-order valence-electron chi connectivity index (χ1n) is 18.9. The number of carbonyl (C=O) groups is 3.